The molecule has 1 aromatic heterocycles. The Labute approximate surface area is 163 Å². The van der Waals surface area contributed by atoms with Crippen LogP contribution in [0.4, 0.5) is 0 Å². The van der Waals surface area contributed by atoms with Crippen LogP contribution in [-0.2, 0) is 6.61 Å². The van der Waals surface area contributed by atoms with Crippen LogP contribution in [0, 0.1) is 6.92 Å². The van der Waals surface area contributed by atoms with Gasteiger partial charge in [0.1, 0.15) is 17.9 Å². The summed E-state index contributed by atoms with van der Waals surface area (Å²) in [5.41, 5.74) is 4.31. The van der Waals surface area contributed by atoms with Crippen LogP contribution in [0.3, 0.4) is 0 Å². The second-order valence-electron chi connectivity index (χ2n) is 6.66. The molecule has 138 valence electrons. The van der Waals surface area contributed by atoms with Gasteiger partial charge in [-0.3, -0.25) is 4.79 Å². The van der Waals surface area contributed by atoms with Gasteiger partial charge in [0.2, 0.25) is 0 Å². The van der Waals surface area contributed by atoms with Crippen molar-refractivity contribution in [2.24, 2.45) is 0 Å². The van der Waals surface area contributed by atoms with Crippen LogP contribution in [0.15, 0.2) is 89.6 Å². The Hall–Kier alpha value is -3.59. The van der Waals surface area contributed by atoms with E-state index in [0.29, 0.717) is 17.9 Å². The molecule has 0 aliphatic rings. The van der Waals surface area contributed by atoms with Crippen LogP contribution in [0.2, 0.25) is 0 Å². The fraction of sp³-hybridized carbons (Fsp3) is 0.0800. The lowest BCUT2D eigenvalue weighted by molar-refractivity contribution is 0.104. The lowest BCUT2D eigenvalue weighted by Crippen LogP contribution is -2.03. The number of furan rings is 1. The van der Waals surface area contributed by atoms with E-state index in [1.807, 2.05) is 79.7 Å². The third-order valence-corrected chi connectivity index (χ3v) is 4.56. The molecule has 3 nitrogen and oxygen atoms in total. The summed E-state index contributed by atoms with van der Waals surface area (Å²) in [6.45, 7) is 2.38. The number of carbonyl (C=O) groups excluding carboxylic acids is 1. The van der Waals surface area contributed by atoms with Crippen molar-refractivity contribution < 1.29 is 13.9 Å². The average Bonchev–Trinajstić information content (AvgIpc) is 3.15. The van der Waals surface area contributed by atoms with E-state index in [-0.39, 0.29) is 5.78 Å². The van der Waals surface area contributed by atoms with Crippen LogP contribution in [0.25, 0.3) is 17.0 Å². The van der Waals surface area contributed by atoms with E-state index in [1.54, 1.807) is 18.4 Å². The van der Waals surface area contributed by atoms with E-state index in [0.717, 1.165) is 27.7 Å². The summed E-state index contributed by atoms with van der Waals surface area (Å²) < 4.78 is 11.5. The van der Waals surface area contributed by atoms with Crippen molar-refractivity contribution in [2.75, 3.05) is 0 Å². The van der Waals surface area contributed by atoms with Crippen LogP contribution < -0.4 is 4.74 Å². The summed E-state index contributed by atoms with van der Waals surface area (Å²) in [5.74, 6) is 0.484. The van der Waals surface area contributed by atoms with Gasteiger partial charge in [0, 0.05) is 10.9 Å². The largest absolute Gasteiger partial charge is 0.488 e. The Kier molecular flexibility index (Phi) is 5.07. The molecule has 0 unspecified atom stereocenters. The second kappa shape index (κ2) is 7.97. The molecule has 0 spiro atoms. The van der Waals surface area contributed by atoms with Crippen LogP contribution in [0.5, 0.6) is 5.75 Å². The van der Waals surface area contributed by atoms with Gasteiger partial charge in [-0.15, -0.1) is 0 Å². The molecule has 0 N–H and O–H groups in total. The number of ketones is 1. The maximum Gasteiger partial charge on any atom is 0.189 e. The molecule has 1 heterocycles. The SMILES string of the molecule is Cc1ccc(OCc2ccccc2)c(C(=O)C=Cc2coc3ccccc23)c1. The van der Waals surface area contributed by atoms with Gasteiger partial charge in [0.05, 0.1) is 11.8 Å². The monoisotopic (exact) mass is 368 g/mol. The van der Waals surface area contributed by atoms with Crippen LogP contribution in [0.1, 0.15) is 27.0 Å². The third-order valence-electron chi connectivity index (χ3n) is 4.56. The van der Waals surface area contributed by atoms with Crippen molar-refractivity contribution in [3.63, 3.8) is 0 Å². The van der Waals surface area contributed by atoms with Gasteiger partial charge in [-0.1, -0.05) is 60.2 Å². The number of rotatable bonds is 6. The zero-order valence-electron chi connectivity index (χ0n) is 15.6. The minimum Gasteiger partial charge on any atom is -0.488 e. The maximum absolute atomic E-state index is 12.9. The smallest absolute Gasteiger partial charge is 0.189 e. The first-order valence-electron chi connectivity index (χ1n) is 9.17. The van der Waals surface area contributed by atoms with Crippen molar-refractivity contribution >= 4 is 22.8 Å². The molecule has 0 amide bonds. The summed E-state index contributed by atoms with van der Waals surface area (Å²) in [4.78, 5) is 12.9. The number of allylic oxidation sites excluding steroid dienone is 1. The summed E-state index contributed by atoms with van der Waals surface area (Å²) in [7, 11) is 0. The zero-order valence-corrected chi connectivity index (χ0v) is 15.6. The van der Waals surface area contributed by atoms with Crippen molar-refractivity contribution in [3.05, 3.63) is 107 Å². The van der Waals surface area contributed by atoms with E-state index in [9.17, 15) is 4.79 Å². The van der Waals surface area contributed by atoms with E-state index < -0.39 is 0 Å². The summed E-state index contributed by atoms with van der Waals surface area (Å²) >= 11 is 0. The predicted molar refractivity (Wildman–Crippen MR) is 112 cm³/mol. The lowest BCUT2D eigenvalue weighted by Gasteiger charge is -2.11. The van der Waals surface area contributed by atoms with E-state index in [4.69, 9.17) is 9.15 Å². The molecule has 0 radical (unpaired) electrons. The minimum atomic E-state index is -0.1000. The highest BCUT2D eigenvalue weighted by Gasteiger charge is 2.11. The summed E-state index contributed by atoms with van der Waals surface area (Å²) in [6.07, 6.45) is 5.02. The molecule has 0 aliphatic carbocycles. The Morgan fingerprint density at radius 1 is 1.00 bits per heavy atom. The summed E-state index contributed by atoms with van der Waals surface area (Å²) in [6, 6.07) is 23.3. The van der Waals surface area contributed by atoms with Crippen LogP contribution >= 0.6 is 0 Å². The van der Waals surface area contributed by atoms with Crippen molar-refractivity contribution in [2.45, 2.75) is 13.5 Å². The topological polar surface area (TPSA) is 39.4 Å². The number of benzene rings is 3. The van der Waals surface area contributed by atoms with Gasteiger partial charge in [-0.05, 0) is 42.8 Å². The molecule has 0 atom stereocenters. The molecular formula is C25H20O3. The van der Waals surface area contributed by atoms with Gasteiger partial charge in [0.25, 0.3) is 0 Å². The molecule has 3 heteroatoms. The molecule has 0 saturated heterocycles. The normalized spacial score (nSPS) is 11.2. The molecule has 4 aromatic rings. The highest BCUT2D eigenvalue weighted by Crippen LogP contribution is 2.25. The maximum atomic E-state index is 12.9. The molecule has 3 aromatic carbocycles. The van der Waals surface area contributed by atoms with Crippen molar-refractivity contribution in [1.29, 1.82) is 0 Å². The van der Waals surface area contributed by atoms with E-state index >= 15 is 0 Å². The Balaban J connectivity index is 1.57. The Morgan fingerprint density at radius 2 is 1.79 bits per heavy atom. The van der Waals surface area contributed by atoms with Gasteiger partial charge in [-0.2, -0.15) is 0 Å². The fourth-order valence-electron chi connectivity index (χ4n) is 3.08. The fourth-order valence-corrected chi connectivity index (χ4v) is 3.08. The van der Waals surface area contributed by atoms with Crippen molar-refractivity contribution in [1.82, 2.24) is 0 Å². The van der Waals surface area contributed by atoms with Crippen molar-refractivity contribution in [3.8, 4) is 5.75 Å². The van der Waals surface area contributed by atoms with Crippen LogP contribution in [-0.4, -0.2) is 5.78 Å². The lowest BCUT2D eigenvalue weighted by atomic mass is 10.0. The number of para-hydroxylation sites is 1. The Bertz CT molecular complexity index is 1140. The standard InChI is InChI=1S/C25H20O3/c1-18-11-14-25(27-16-19-7-3-2-4-8-19)22(15-18)23(26)13-12-20-17-28-24-10-6-5-9-21(20)24/h2-15,17H,16H2,1H3. The second-order valence-corrected chi connectivity index (χ2v) is 6.66. The third kappa shape index (κ3) is 3.89. The number of hydrogen-bond acceptors (Lipinski definition) is 3. The first kappa shape index (κ1) is 17.8. The highest BCUT2D eigenvalue weighted by atomic mass is 16.5. The Morgan fingerprint density at radius 3 is 2.64 bits per heavy atom. The number of aryl methyl sites for hydroxylation is 1. The van der Waals surface area contributed by atoms with E-state index in [1.165, 1.54) is 0 Å². The minimum absolute atomic E-state index is 0.1000. The molecule has 4 rings (SSSR count). The molecule has 0 bridgehead atoms. The predicted octanol–water partition coefficient (Wildman–Crippen LogP) is 6.22. The van der Waals surface area contributed by atoms with Gasteiger partial charge in [0.15, 0.2) is 5.78 Å². The molecular weight excluding hydrogens is 348 g/mol. The summed E-state index contributed by atoms with van der Waals surface area (Å²) in [5, 5.41) is 0.983. The zero-order chi connectivity index (χ0) is 19.3. The molecule has 28 heavy (non-hydrogen) atoms. The first-order valence-corrected chi connectivity index (χ1v) is 9.17. The quantitative estimate of drug-likeness (QED) is 0.300. The first-order chi connectivity index (χ1) is 13.7. The van der Waals surface area contributed by atoms with Gasteiger partial charge >= 0.3 is 0 Å². The number of hydrogen-bond donors (Lipinski definition) is 0. The number of fused-ring (bicyclic) bond motifs is 1. The number of ether oxygens (including phenoxy) is 1. The average molecular weight is 368 g/mol. The van der Waals surface area contributed by atoms with E-state index in [2.05, 4.69) is 0 Å². The van der Waals surface area contributed by atoms with Gasteiger partial charge < -0.3 is 9.15 Å². The molecule has 0 fully saturated rings. The highest BCUT2D eigenvalue weighted by molar-refractivity contribution is 6.09. The number of carbonyl (C=O) groups is 1. The molecule has 0 saturated carbocycles. The molecule has 0 aliphatic heterocycles. The van der Waals surface area contributed by atoms with Gasteiger partial charge in [-0.25, -0.2) is 0 Å².